The van der Waals surface area contributed by atoms with E-state index in [9.17, 15) is 0 Å². The molecule has 0 aliphatic rings. The van der Waals surface area contributed by atoms with Crippen LogP contribution in [0.2, 0.25) is 0 Å². The van der Waals surface area contributed by atoms with Crippen molar-refractivity contribution in [3.05, 3.63) is 42.7 Å². The van der Waals surface area contributed by atoms with Gasteiger partial charge >= 0.3 is 0 Å². The fourth-order valence-corrected chi connectivity index (χ4v) is 0.686. The standard InChI is InChI=1S/C8H9N.C2H6.V/c1-2-3-8-4-6-9-7-5-8;1-2;/h2,4-7H,1,3H2;1-2H3;. The third-order valence-electron chi connectivity index (χ3n) is 1.13. The molecule has 0 aliphatic heterocycles. The minimum atomic E-state index is 0. The summed E-state index contributed by atoms with van der Waals surface area (Å²) in [7, 11) is 0. The molecule has 0 aliphatic carbocycles. The molecule has 0 fully saturated rings. The zero-order valence-corrected chi connectivity index (χ0v) is 9.09. The van der Waals surface area contributed by atoms with Crippen LogP contribution in [0.1, 0.15) is 19.4 Å². The molecule has 12 heavy (non-hydrogen) atoms. The molecule has 0 N–H and O–H groups in total. The minimum absolute atomic E-state index is 0. The minimum Gasteiger partial charge on any atom is -0.265 e. The number of allylic oxidation sites excluding steroid dienone is 1. The SMILES string of the molecule is C=CCc1ccncc1.CC.[V]. The molecule has 1 nitrogen and oxygen atoms in total. The summed E-state index contributed by atoms with van der Waals surface area (Å²) in [5.41, 5.74) is 1.26. The van der Waals surface area contributed by atoms with Gasteiger partial charge in [-0.2, -0.15) is 0 Å². The van der Waals surface area contributed by atoms with Crippen molar-refractivity contribution >= 4 is 0 Å². The van der Waals surface area contributed by atoms with E-state index in [1.807, 2.05) is 32.1 Å². The van der Waals surface area contributed by atoms with Crippen molar-refractivity contribution in [2.75, 3.05) is 0 Å². The summed E-state index contributed by atoms with van der Waals surface area (Å²) >= 11 is 0. The van der Waals surface area contributed by atoms with Crippen molar-refractivity contribution in [2.24, 2.45) is 0 Å². The van der Waals surface area contributed by atoms with Gasteiger partial charge in [-0.15, -0.1) is 6.58 Å². The second kappa shape index (κ2) is 10.5. The first-order valence-corrected chi connectivity index (χ1v) is 3.93. The first-order valence-electron chi connectivity index (χ1n) is 3.93. The van der Waals surface area contributed by atoms with Crippen molar-refractivity contribution in [3.63, 3.8) is 0 Å². The van der Waals surface area contributed by atoms with Crippen LogP contribution >= 0.6 is 0 Å². The quantitative estimate of drug-likeness (QED) is 0.669. The Bertz CT molecular complexity index is 184. The van der Waals surface area contributed by atoms with Crippen LogP contribution < -0.4 is 0 Å². The van der Waals surface area contributed by atoms with E-state index >= 15 is 0 Å². The van der Waals surface area contributed by atoms with E-state index in [0.29, 0.717) is 0 Å². The van der Waals surface area contributed by atoms with Crippen LogP contribution in [0.5, 0.6) is 0 Å². The Morgan fingerprint density at radius 2 is 1.83 bits per heavy atom. The summed E-state index contributed by atoms with van der Waals surface area (Å²) in [6.45, 7) is 7.64. The molecule has 0 unspecified atom stereocenters. The van der Waals surface area contributed by atoms with Crippen molar-refractivity contribution in [1.29, 1.82) is 0 Å². The van der Waals surface area contributed by atoms with Gasteiger partial charge in [-0.3, -0.25) is 4.98 Å². The molecule has 1 heterocycles. The molecule has 0 bridgehead atoms. The Hall–Kier alpha value is -0.526. The number of hydrogen-bond donors (Lipinski definition) is 0. The molecule has 0 atom stereocenters. The monoisotopic (exact) mass is 200 g/mol. The molecule has 1 radical (unpaired) electrons. The van der Waals surface area contributed by atoms with Crippen molar-refractivity contribution < 1.29 is 18.6 Å². The van der Waals surface area contributed by atoms with E-state index in [-0.39, 0.29) is 18.6 Å². The molecular formula is C10H15NV. The molecular weight excluding hydrogens is 185 g/mol. The van der Waals surface area contributed by atoms with Gasteiger partial charge < -0.3 is 0 Å². The Morgan fingerprint density at radius 3 is 2.25 bits per heavy atom. The van der Waals surface area contributed by atoms with Gasteiger partial charge in [-0.05, 0) is 24.1 Å². The van der Waals surface area contributed by atoms with Crippen LogP contribution in [-0.4, -0.2) is 4.98 Å². The maximum Gasteiger partial charge on any atom is 0.0270 e. The molecule has 0 spiro atoms. The molecule has 2 heteroatoms. The van der Waals surface area contributed by atoms with E-state index in [1.54, 1.807) is 12.4 Å². The van der Waals surface area contributed by atoms with Crippen molar-refractivity contribution in [2.45, 2.75) is 20.3 Å². The van der Waals surface area contributed by atoms with Crippen LogP contribution in [0.15, 0.2) is 37.2 Å². The summed E-state index contributed by atoms with van der Waals surface area (Å²) in [6.07, 6.45) is 6.40. The van der Waals surface area contributed by atoms with Gasteiger partial charge in [-0.1, -0.05) is 19.9 Å². The van der Waals surface area contributed by atoms with E-state index in [2.05, 4.69) is 11.6 Å². The van der Waals surface area contributed by atoms with Gasteiger partial charge in [0.25, 0.3) is 0 Å². The summed E-state index contributed by atoms with van der Waals surface area (Å²) < 4.78 is 0. The first kappa shape index (κ1) is 14.0. The van der Waals surface area contributed by atoms with Crippen LogP contribution in [0, 0.1) is 0 Å². The van der Waals surface area contributed by atoms with Crippen molar-refractivity contribution in [1.82, 2.24) is 4.98 Å². The average molecular weight is 200 g/mol. The maximum atomic E-state index is 3.89. The number of nitrogens with zero attached hydrogens (tertiary/aromatic N) is 1. The van der Waals surface area contributed by atoms with Gasteiger partial charge in [0.2, 0.25) is 0 Å². The molecule has 1 aromatic rings. The zero-order chi connectivity index (χ0) is 8.53. The maximum absolute atomic E-state index is 3.89. The molecule has 1 aromatic heterocycles. The summed E-state index contributed by atoms with van der Waals surface area (Å²) in [5.74, 6) is 0. The number of aromatic nitrogens is 1. The molecule has 0 amide bonds. The second-order valence-electron chi connectivity index (χ2n) is 1.85. The second-order valence-corrected chi connectivity index (χ2v) is 1.85. The molecule has 0 aromatic carbocycles. The van der Waals surface area contributed by atoms with E-state index < -0.39 is 0 Å². The van der Waals surface area contributed by atoms with Crippen molar-refractivity contribution in [3.8, 4) is 0 Å². The first-order chi connectivity index (χ1) is 5.43. The van der Waals surface area contributed by atoms with Crippen LogP contribution in [0.3, 0.4) is 0 Å². The molecule has 0 saturated carbocycles. The number of pyridine rings is 1. The largest absolute Gasteiger partial charge is 0.265 e. The molecule has 65 valence electrons. The smallest absolute Gasteiger partial charge is 0.0270 e. The van der Waals surface area contributed by atoms with Crippen LogP contribution in [-0.2, 0) is 25.0 Å². The third-order valence-corrected chi connectivity index (χ3v) is 1.13. The predicted molar refractivity (Wildman–Crippen MR) is 49.5 cm³/mol. The summed E-state index contributed by atoms with van der Waals surface area (Å²) in [4.78, 5) is 3.89. The van der Waals surface area contributed by atoms with Gasteiger partial charge in [0.15, 0.2) is 0 Å². The van der Waals surface area contributed by atoms with Gasteiger partial charge in [0.05, 0.1) is 0 Å². The summed E-state index contributed by atoms with van der Waals surface area (Å²) in [6, 6.07) is 3.98. The Kier molecular flexibility index (Phi) is 12.2. The van der Waals surface area contributed by atoms with E-state index in [4.69, 9.17) is 0 Å². The number of hydrogen-bond acceptors (Lipinski definition) is 1. The van der Waals surface area contributed by atoms with Gasteiger partial charge in [0, 0.05) is 30.9 Å². The van der Waals surface area contributed by atoms with Crippen LogP contribution in [0.4, 0.5) is 0 Å². The van der Waals surface area contributed by atoms with E-state index in [0.717, 1.165) is 6.42 Å². The third kappa shape index (κ3) is 6.20. The van der Waals surface area contributed by atoms with Gasteiger partial charge in [0.1, 0.15) is 0 Å². The Labute approximate surface area is 86.8 Å². The normalized spacial score (nSPS) is 7.17. The fraction of sp³-hybridized carbons (Fsp3) is 0.300. The fourth-order valence-electron chi connectivity index (χ4n) is 0.686. The number of rotatable bonds is 2. The summed E-state index contributed by atoms with van der Waals surface area (Å²) in [5, 5.41) is 0. The topological polar surface area (TPSA) is 12.9 Å². The Balaban J connectivity index is 0. The average Bonchev–Trinajstić information content (AvgIpc) is 2.11. The van der Waals surface area contributed by atoms with Gasteiger partial charge in [-0.25, -0.2) is 0 Å². The predicted octanol–water partition coefficient (Wildman–Crippen LogP) is 2.83. The van der Waals surface area contributed by atoms with Crippen LogP contribution in [0.25, 0.3) is 0 Å². The molecule has 1 rings (SSSR count). The zero-order valence-electron chi connectivity index (χ0n) is 7.70. The Morgan fingerprint density at radius 1 is 1.33 bits per heavy atom. The van der Waals surface area contributed by atoms with E-state index in [1.165, 1.54) is 5.56 Å². The molecule has 0 saturated heterocycles.